The zero-order chi connectivity index (χ0) is 8.91. The maximum Gasteiger partial charge on any atom is 0.267 e. The fourth-order valence-electron chi connectivity index (χ4n) is 0.647. The fourth-order valence-corrected chi connectivity index (χ4v) is 1.08. The molecule has 0 saturated heterocycles. The van der Waals surface area contributed by atoms with Crippen molar-refractivity contribution < 1.29 is 13.0 Å². The predicted octanol–water partition coefficient (Wildman–Crippen LogP) is 1.62. The van der Waals surface area contributed by atoms with Crippen LogP contribution in [0.1, 0.15) is 26.7 Å². The van der Waals surface area contributed by atoms with Crippen molar-refractivity contribution in [1.29, 1.82) is 0 Å². The van der Waals surface area contributed by atoms with Gasteiger partial charge < -0.3 is 0 Å². The molecule has 0 bridgehead atoms. The molecule has 0 aromatic rings. The van der Waals surface area contributed by atoms with E-state index >= 15 is 0 Å². The van der Waals surface area contributed by atoms with E-state index in [4.69, 9.17) is 4.55 Å². The topological polar surface area (TPSA) is 54.4 Å². The molecule has 4 heteroatoms. The maximum atomic E-state index is 10.5. The van der Waals surface area contributed by atoms with Gasteiger partial charge in [0.25, 0.3) is 10.1 Å². The number of hydrogen-bond donors (Lipinski definition) is 1. The minimum Gasteiger partial charge on any atom is -0.285 e. The molecule has 0 aliphatic carbocycles. The lowest BCUT2D eigenvalue weighted by atomic mass is 10.2. The van der Waals surface area contributed by atoms with Gasteiger partial charge in [-0.2, -0.15) is 8.42 Å². The lowest BCUT2D eigenvalue weighted by Crippen LogP contribution is -2.15. The molecule has 0 aromatic heterocycles. The molecule has 1 N–H and O–H groups in total. The van der Waals surface area contributed by atoms with E-state index in [1.807, 2.05) is 19.1 Å². The highest BCUT2D eigenvalue weighted by Gasteiger charge is 2.15. The summed E-state index contributed by atoms with van der Waals surface area (Å²) in [4.78, 5) is 0. The van der Waals surface area contributed by atoms with Crippen molar-refractivity contribution in [2.45, 2.75) is 31.9 Å². The Bertz CT molecular complexity index is 216. The second kappa shape index (κ2) is 4.51. The van der Waals surface area contributed by atoms with Gasteiger partial charge in [-0.15, -0.1) is 0 Å². The van der Waals surface area contributed by atoms with Crippen molar-refractivity contribution in [2.24, 2.45) is 0 Å². The molecular weight excluding hydrogens is 164 g/mol. The van der Waals surface area contributed by atoms with Crippen molar-refractivity contribution in [3.05, 3.63) is 12.2 Å². The highest BCUT2D eigenvalue weighted by atomic mass is 32.2. The van der Waals surface area contributed by atoms with Gasteiger partial charge in [0.2, 0.25) is 0 Å². The Morgan fingerprint density at radius 1 is 1.55 bits per heavy atom. The van der Waals surface area contributed by atoms with Crippen LogP contribution in [0.2, 0.25) is 0 Å². The third-order valence-corrected chi connectivity index (χ3v) is 2.74. The van der Waals surface area contributed by atoms with E-state index in [0.29, 0.717) is 12.8 Å². The molecule has 0 aliphatic heterocycles. The minimum atomic E-state index is -3.82. The van der Waals surface area contributed by atoms with E-state index in [0.717, 1.165) is 0 Å². The summed E-state index contributed by atoms with van der Waals surface area (Å²) < 4.78 is 29.4. The van der Waals surface area contributed by atoms with Gasteiger partial charge in [0, 0.05) is 0 Å². The first kappa shape index (κ1) is 10.7. The standard InChI is InChI=1S/C7H14O3S/c1-3-4-5-6-7(2)11(8,9)10/h3-4,7H,5-6H2,1-2H3,(H,8,9,10). The highest BCUT2D eigenvalue weighted by molar-refractivity contribution is 7.86. The molecule has 0 spiro atoms. The van der Waals surface area contributed by atoms with Gasteiger partial charge in [-0.05, 0) is 26.7 Å². The van der Waals surface area contributed by atoms with Gasteiger partial charge in [-0.25, -0.2) is 0 Å². The van der Waals surface area contributed by atoms with E-state index < -0.39 is 15.4 Å². The molecule has 0 fully saturated rings. The second-order valence-electron chi connectivity index (χ2n) is 2.47. The van der Waals surface area contributed by atoms with Crippen LogP contribution in [0.5, 0.6) is 0 Å². The highest BCUT2D eigenvalue weighted by Crippen LogP contribution is 2.06. The Balaban J connectivity index is 3.80. The average Bonchev–Trinajstić information content (AvgIpc) is 1.86. The summed E-state index contributed by atoms with van der Waals surface area (Å²) in [5.74, 6) is 0. The summed E-state index contributed by atoms with van der Waals surface area (Å²) in [5, 5.41) is -0.654. The van der Waals surface area contributed by atoms with Gasteiger partial charge in [0.15, 0.2) is 0 Å². The Labute approximate surface area is 67.9 Å². The largest absolute Gasteiger partial charge is 0.285 e. The summed E-state index contributed by atoms with van der Waals surface area (Å²) in [6.45, 7) is 3.37. The van der Waals surface area contributed by atoms with E-state index in [1.165, 1.54) is 6.92 Å². The van der Waals surface area contributed by atoms with Crippen molar-refractivity contribution in [2.75, 3.05) is 0 Å². The lowest BCUT2D eigenvalue weighted by molar-refractivity contribution is 0.466. The average molecular weight is 178 g/mol. The summed E-state index contributed by atoms with van der Waals surface area (Å²) in [7, 11) is -3.82. The molecular formula is C7H14O3S. The van der Waals surface area contributed by atoms with Crippen molar-refractivity contribution in [1.82, 2.24) is 0 Å². The number of hydrogen-bond acceptors (Lipinski definition) is 2. The molecule has 3 nitrogen and oxygen atoms in total. The summed E-state index contributed by atoms with van der Waals surface area (Å²) in [6.07, 6.45) is 4.90. The summed E-state index contributed by atoms with van der Waals surface area (Å²) in [6, 6.07) is 0. The van der Waals surface area contributed by atoms with E-state index in [2.05, 4.69) is 0 Å². The monoisotopic (exact) mass is 178 g/mol. The van der Waals surface area contributed by atoms with Crippen molar-refractivity contribution in [3.8, 4) is 0 Å². The van der Waals surface area contributed by atoms with Crippen LogP contribution < -0.4 is 0 Å². The smallest absolute Gasteiger partial charge is 0.267 e. The quantitative estimate of drug-likeness (QED) is 0.525. The molecule has 66 valence electrons. The van der Waals surface area contributed by atoms with Crippen molar-refractivity contribution >= 4 is 10.1 Å². The minimum absolute atomic E-state index is 0.475. The Morgan fingerprint density at radius 2 is 2.09 bits per heavy atom. The molecule has 1 atom stereocenters. The lowest BCUT2D eigenvalue weighted by Gasteiger charge is -2.04. The molecule has 0 amide bonds. The molecule has 0 radical (unpaired) electrons. The van der Waals surface area contributed by atoms with Gasteiger partial charge in [-0.3, -0.25) is 4.55 Å². The zero-order valence-corrected chi connectivity index (χ0v) is 7.63. The predicted molar refractivity (Wildman–Crippen MR) is 45.1 cm³/mol. The van der Waals surface area contributed by atoms with Crippen LogP contribution >= 0.6 is 0 Å². The van der Waals surface area contributed by atoms with Crippen LogP contribution in [0.25, 0.3) is 0 Å². The second-order valence-corrected chi connectivity index (χ2v) is 4.31. The van der Waals surface area contributed by atoms with Crippen LogP contribution in [0, 0.1) is 0 Å². The van der Waals surface area contributed by atoms with Gasteiger partial charge in [0.1, 0.15) is 0 Å². The number of allylic oxidation sites excluding steroid dienone is 2. The van der Waals surface area contributed by atoms with Crippen LogP contribution in [0.4, 0.5) is 0 Å². The van der Waals surface area contributed by atoms with Gasteiger partial charge in [0.05, 0.1) is 5.25 Å². The third-order valence-electron chi connectivity index (χ3n) is 1.48. The first-order valence-corrected chi connectivity index (χ1v) is 5.06. The van der Waals surface area contributed by atoms with Gasteiger partial charge >= 0.3 is 0 Å². The Hall–Kier alpha value is -0.350. The Morgan fingerprint density at radius 3 is 2.45 bits per heavy atom. The van der Waals surface area contributed by atoms with Crippen LogP contribution in [-0.2, 0) is 10.1 Å². The molecule has 0 aliphatic rings. The zero-order valence-electron chi connectivity index (χ0n) is 6.82. The summed E-state index contributed by atoms with van der Waals surface area (Å²) in [5.41, 5.74) is 0. The SMILES string of the molecule is CC=CCCC(C)S(=O)(=O)O. The van der Waals surface area contributed by atoms with Crippen molar-refractivity contribution in [3.63, 3.8) is 0 Å². The van der Waals surface area contributed by atoms with E-state index in [9.17, 15) is 8.42 Å². The molecule has 1 unspecified atom stereocenters. The van der Waals surface area contributed by atoms with Crippen LogP contribution in [0.15, 0.2) is 12.2 Å². The molecule has 0 aromatic carbocycles. The molecule has 0 heterocycles. The fraction of sp³-hybridized carbons (Fsp3) is 0.714. The van der Waals surface area contributed by atoms with Crippen LogP contribution in [-0.4, -0.2) is 18.2 Å². The first-order chi connectivity index (χ1) is 4.98. The normalized spacial score (nSPS) is 15.5. The maximum absolute atomic E-state index is 10.5. The van der Waals surface area contributed by atoms with E-state index in [1.54, 1.807) is 0 Å². The molecule has 0 saturated carbocycles. The van der Waals surface area contributed by atoms with Crippen LogP contribution in [0.3, 0.4) is 0 Å². The van der Waals surface area contributed by atoms with E-state index in [-0.39, 0.29) is 0 Å². The molecule has 11 heavy (non-hydrogen) atoms. The Kier molecular flexibility index (Phi) is 4.37. The third kappa shape index (κ3) is 4.98. The summed E-state index contributed by atoms with van der Waals surface area (Å²) >= 11 is 0. The first-order valence-electron chi connectivity index (χ1n) is 3.56. The van der Waals surface area contributed by atoms with Gasteiger partial charge in [-0.1, -0.05) is 12.2 Å². The number of rotatable bonds is 4. The molecule has 0 rings (SSSR count).